The Bertz CT molecular complexity index is 420. The lowest BCUT2D eigenvalue weighted by Gasteiger charge is -2.23. The summed E-state index contributed by atoms with van der Waals surface area (Å²) in [5.74, 6) is -0.948. The molecule has 18 heavy (non-hydrogen) atoms. The summed E-state index contributed by atoms with van der Waals surface area (Å²) in [4.78, 5) is 13.9. The van der Waals surface area contributed by atoms with Gasteiger partial charge in [-0.2, -0.15) is 0 Å². The van der Waals surface area contributed by atoms with Crippen molar-refractivity contribution in [1.82, 2.24) is 4.90 Å². The zero-order chi connectivity index (χ0) is 13.7. The molecule has 0 amide bonds. The van der Waals surface area contributed by atoms with Crippen molar-refractivity contribution >= 4 is 5.78 Å². The zero-order valence-electron chi connectivity index (χ0n) is 11.1. The van der Waals surface area contributed by atoms with Gasteiger partial charge in [0, 0.05) is 6.04 Å². The molecule has 0 bridgehead atoms. The lowest BCUT2D eigenvalue weighted by atomic mass is 10.1. The molecule has 1 atom stereocenters. The molecule has 0 aliphatic heterocycles. The number of likely N-dealkylation sites (N-methyl/N-ethyl adjacent to an activating group) is 1. The van der Waals surface area contributed by atoms with Gasteiger partial charge in [-0.1, -0.05) is 13.3 Å². The Kier molecular flexibility index (Phi) is 5.28. The molecule has 1 rings (SSSR count). The molecule has 1 N–H and O–H groups in total. The molecular formula is C14H20FNO2. The summed E-state index contributed by atoms with van der Waals surface area (Å²) in [7, 11) is 1.86. The molecule has 0 fully saturated rings. The van der Waals surface area contributed by atoms with Crippen molar-refractivity contribution in [2.45, 2.75) is 32.7 Å². The van der Waals surface area contributed by atoms with E-state index in [0.717, 1.165) is 25.0 Å². The van der Waals surface area contributed by atoms with Crippen molar-refractivity contribution in [1.29, 1.82) is 0 Å². The van der Waals surface area contributed by atoms with Gasteiger partial charge < -0.3 is 5.11 Å². The summed E-state index contributed by atoms with van der Waals surface area (Å²) in [6, 6.07) is 3.71. The van der Waals surface area contributed by atoms with Crippen LogP contribution in [0.1, 0.15) is 37.0 Å². The van der Waals surface area contributed by atoms with E-state index in [1.165, 1.54) is 6.07 Å². The number of phenolic OH excluding ortho intramolecular Hbond substituents is 1. The molecule has 1 unspecified atom stereocenters. The molecule has 0 saturated heterocycles. The first-order valence-corrected chi connectivity index (χ1v) is 6.17. The highest BCUT2D eigenvalue weighted by Crippen LogP contribution is 2.19. The van der Waals surface area contributed by atoms with Crippen molar-refractivity contribution in [3.63, 3.8) is 0 Å². The summed E-state index contributed by atoms with van der Waals surface area (Å²) < 4.78 is 13.0. The summed E-state index contributed by atoms with van der Waals surface area (Å²) in [6.45, 7) is 4.31. The number of aromatic hydroxyl groups is 1. The number of Topliss-reactive ketones (excluding diaryl/α,β-unsaturated/α-hetero) is 1. The lowest BCUT2D eigenvalue weighted by molar-refractivity contribution is 0.0918. The summed E-state index contributed by atoms with van der Waals surface area (Å²) in [6.07, 6.45) is 2.05. The SMILES string of the molecule is CCCC(C)N(C)CC(=O)c1cc(F)ccc1O. The molecule has 3 nitrogen and oxygen atoms in total. The zero-order valence-corrected chi connectivity index (χ0v) is 11.1. The number of benzene rings is 1. The molecule has 0 spiro atoms. The number of nitrogens with zero attached hydrogens (tertiary/aromatic N) is 1. The van der Waals surface area contributed by atoms with E-state index in [1.54, 1.807) is 0 Å². The Morgan fingerprint density at radius 1 is 1.50 bits per heavy atom. The molecule has 100 valence electrons. The lowest BCUT2D eigenvalue weighted by Crippen LogP contribution is -2.33. The van der Waals surface area contributed by atoms with E-state index in [0.29, 0.717) is 0 Å². The van der Waals surface area contributed by atoms with Gasteiger partial charge in [0.15, 0.2) is 5.78 Å². The molecule has 0 saturated carbocycles. The topological polar surface area (TPSA) is 40.5 Å². The Balaban J connectivity index is 2.73. The summed E-state index contributed by atoms with van der Waals surface area (Å²) in [5, 5.41) is 9.55. The van der Waals surface area contributed by atoms with Gasteiger partial charge in [0.05, 0.1) is 12.1 Å². The molecule has 4 heteroatoms. The van der Waals surface area contributed by atoms with E-state index < -0.39 is 5.82 Å². The fourth-order valence-electron chi connectivity index (χ4n) is 1.84. The van der Waals surface area contributed by atoms with Crippen LogP contribution < -0.4 is 0 Å². The van der Waals surface area contributed by atoms with Gasteiger partial charge in [-0.25, -0.2) is 4.39 Å². The first-order chi connectivity index (χ1) is 8.45. The van der Waals surface area contributed by atoms with Crippen LogP contribution in [0.15, 0.2) is 18.2 Å². The highest BCUT2D eigenvalue weighted by atomic mass is 19.1. The minimum absolute atomic E-state index is 0.0468. The van der Waals surface area contributed by atoms with Crippen LogP contribution in [0.25, 0.3) is 0 Å². The van der Waals surface area contributed by atoms with Crippen LogP contribution in [-0.4, -0.2) is 35.4 Å². The quantitative estimate of drug-likeness (QED) is 0.792. The third-order valence-electron chi connectivity index (χ3n) is 3.11. The third kappa shape index (κ3) is 3.81. The smallest absolute Gasteiger partial charge is 0.180 e. The average molecular weight is 253 g/mol. The van der Waals surface area contributed by atoms with E-state index in [-0.39, 0.29) is 29.7 Å². The highest BCUT2D eigenvalue weighted by Gasteiger charge is 2.17. The molecule has 0 aromatic heterocycles. The van der Waals surface area contributed by atoms with Crippen LogP contribution >= 0.6 is 0 Å². The van der Waals surface area contributed by atoms with Crippen LogP contribution in [0.5, 0.6) is 5.75 Å². The predicted molar refractivity (Wildman–Crippen MR) is 69.4 cm³/mol. The molecule has 1 aromatic rings. The Hall–Kier alpha value is -1.42. The number of rotatable bonds is 6. The van der Waals surface area contributed by atoms with Gasteiger partial charge in [-0.05, 0) is 38.6 Å². The van der Waals surface area contributed by atoms with Crippen molar-refractivity contribution < 1.29 is 14.3 Å². The largest absolute Gasteiger partial charge is 0.507 e. The van der Waals surface area contributed by atoms with Crippen LogP contribution in [0.2, 0.25) is 0 Å². The second-order valence-corrected chi connectivity index (χ2v) is 4.64. The highest BCUT2D eigenvalue weighted by molar-refractivity contribution is 6.00. The molecule has 0 radical (unpaired) electrons. The van der Waals surface area contributed by atoms with Gasteiger partial charge in [0.25, 0.3) is 0 Å². The molecule has 0 aliphatic rings. The Morgan fingerprint density at radius 3 is 2.78 bits per heavy atom. The minimum Gasteiger partial charge on any atom is -0.507 e. The average Bonchev–Trinajstić information content (AvgIpc) is 2.32. The fraction of sp³-hybridized carbons (Fsp3) is 0.500. The van der Waals surface area contributed by atoms with Gasteiger partial charge >= 0.3 is 0 Å². The number of phenols is 1. The summed E-state index contributed by atoms with van der Waals surface area (Å²) in [5.41, 5.74) is 0.0468. The van der Waals surface area contributed by atoms with E-state index in [2.05, 4.69) is 6.92 Å². The van der Waals surface area contributed by atoms with Gasteiger partial charge in [0.1, 0.15) is 11.6 Å². The molecule has 0 heterocycles. The molecular weight excluding hydrogens is 233 g/mol. The number of carbonyl (C=O) groups excluding carboxylic acids is 1. The van der Waals surface area contributed by atoms with E-state index >= 15 is 0 Å². The first-order valence-electron chi connectivity index (χ1n) is 6.17. The van der Waals surface area contributed by atoms with Crippen LogP contribution in [-0.2, 0) is 0 Å². The minimum atomic E-state index is -0.514. The standard InChI is InChI=1S/C14H20FNO2/c1-4-5-10(2)16(3)9-14(18)12-8-11(15)6-7-13(12)17/h6-8,10,17H,4-5,9H2,1-3H3. The maximum atomic E-state index is 13.0. The van der Waals surface area contributed by atoms with E-state index in [9.17, 15) is 14.3 Å². The van der Waals surface area contributed by atoms with Gasteiger partial charge in [-0.3, -0.25) is 9.69 Å². The van der Waals surface area contributed by atoms with Crippen molar-refractivity contribution in [3.8, 4) is 5.75 Å². The molecule has 1 aromatic carbocycles. The Labute approximate surface area is 107 Å². The van der Waals surface area contributed by atoms with Crippen molar-refractivity contribution in [2.24, 2.45) is 0 Å². The number of hydrogen-bond acceptors (Lipinski definition) is 3. The second kappa shape index (κ2) is 6.50. The first kappa shape index (κ1) is 14.6. The fourth-order valence-corrected chi connectivity index (χ4v) is 1.84. The maximum Gasteiger partial charge on any atom is 0.180 e. The monoisotopic (exact) mass is 253 g/mol. The normalized spacial score (nSPS) is 12.7. The number of halogens is 1. The van der Waals surface area contributed by atoms with E-state index in [1.807, 2.05) is 18.9 Å². The van der Waals surface area contributed by atoms with Crippen LogP contribution in [0.4, 0.5) is 4.39 Å². The van der Waals surface area contributed by atoms with Crippen molar-refractivity contribution in [3.05, 3.63) is 29.6 Å². The number of hydrogen-bond donors (Lipinski definition) is 1. The third-order valence-corrected chi connectivity index (χ3v) is 3.11. The van der Waals surface area contributed by atoms with E-state index in [4.69, 9.17) is 0 Å². The second-order valence-electron chi connectivity index (χ2n) is 4.64. The van der Waals surface area contributed by atoms with Gasteiger partial charge in [0.2, 0.25) is 0 Å². The number of carbonyl (C=O) groups is 1. The van der Waals surface area contributed by atoms with Gasteiger partial charge in [-0.15, -0.1) is 0 Å². The Morgan fingerprint density at radius 2 is 2.17 bits per heavy atom. The predicted octanol–water partition coefficient (Wildman–Crippen LogP) is 2.83. The van der Waals surface area contributed by atoms with Crippen molar-refractivity contribution in [2.75, 3.05) is 13.6 Å². The molecule has 0 aliphatic carbocycles. The van der Waals surface area contributed by atoms with Crippen LogP contribution in [0.3, 0.4) is 0 Å². The number of ketones is 1. The summed E-state index contributed by atoms with van der Waals surface area (Å²) >= 11 is 0. The van der Waals surface area contributed by atoms with Crippen LogP contribution in [0, 0.1) is 5.82 Å². The maximum absolute atomic E-state index is 13.0.